The van der Waals surface area contributed by atoms with Crippen LogP contribution in [0.3, 0.4) is 0 Å². The standard InChI is InChI=1S/C12H21N3/c1-4-7-13-8-9-15(3)12-6-5-11(2)10-14-12/h5-6,10,13H,4,7-9H2,1-3H3. The number of pyridine rings is 1. The van der Waals surface area contributed by atoms with E-state index in [2.05, 4.69) is 48.2 Å². The van der Waals surface area contributed by atoms with Crippen molar-refractivity contribution < 1.29 is 0 Å². The molecule has 0 unspecified atom stereocenters. The van der Waals surface area contributed by atoms with Crippen molar-refractivity contribution >= 4 is 5.82 Å². The summed E-state index contributed by atoms with van der Waals surface area (Å²) in [6.45, 7) is 7.34. The smallest absolute Gasteiger partial charge is 0.128 e. The van der Waals surface area contributed by atoms with Gasteiger partial charge in [0, 0.05) is 26.3 Å². The summed E-state index contributed by atoms with van der Waals surface area (Å²) in [5, 5.41) is 3.38. The second kappa shape index (κ2) is 6.40. The fourth-order valence-corrected chi connectivity index (χ4v) is 1.35. The maximum Gasteiger partial charge on any atom is 0.128 e. The predicted octanol–water partition coefficient (Wildman–Crippen LogP) is 1.83. The van der Waals surface area contributed by atoms with Crippen LogP contribution < -0.4 is 10.2 Å². The monoisotopic (exact) mass is 207 g/mol. The Bertz CT molecular complexity index is 269. The molecule has 0 aliphatic heterocycles. The molecule has 3 nitrogen and oxygen atoms in total. The summed E-state index contributed by atoms with van der Waals surface area (Å²) in [5.74, 6) is 1.04. The Morgan fingerprint density at radius 2 is 2.13 bits per heavy atom. The average Bonchev–Trinajstić information content (AvgIpc) is 2.25. The Morgan fingerprint density at radius 1 is 1.33 bits per heavy atom. The molecule has 0 saturated heterocycles. The highest BCUT2D eigenvalue weighted by atomic mass is 15.2. The molecular weight excluding hydrogens is 186 g/mol. The molecule has 0 atom stereocenters. The van der Waals surface area contributed by atoms with E-state index in [4.69, 9.17) is 0 Å². The van der Waals surface area contributed by atoms with Gasteiger partial charge in [-0.1, -0.05) is 13.0 Å². The normalized spacial score (nSPS) is 10.3. The van der Waals surface area contributed by atoms with E-state index in [0.717, 1.165) is 25.5 Å². The number of aryl methyl sites for hydroxylation is 1. The largest absolute Gasteiger partial charge is 0.358 e. The lowest BCUT2D eigenvalue weighted by atomic mass is 10.3. The lowest BCUT2D eigenvalue weighted by molar-refractivity contribution is 0.664. The summed E-state index contributed by atoms with van der Waals surface area (Å²) < 4.78 is 0. The highest BCUT2D eigenvalue weighted by Crippen LogP contribution is 2.07. The van der Waals surface area contributed by atoms with Crippen molar-refractivity contribution in [3.8, 4) is 0 Å². The molecule has 0 saturated carbocycles. The SMILES string of the molecule is CCCNCCN(C)c1ccc(C)cn1. The van der Waals surface area contributed by atoms with Gasteiger partial charge in [-0.05, 0) is 31.5 Å². The van der Waals surface area contributed by atoms with Gasteiger partial charge in [-0.3, -0.25) is 0 Å². The third kappa shape index (κ3) is 4.30. The van der Waals surface area contributed by atoms with Crippen LogP contribution >= 0.6 is 0 Å². The summed E-state index contributed by atoms with van der Waals surface area (Å²) in [6, 6.07) is 4.16. The molecule has 0 aliphatic rings. The number of nitrogens with zero attached hydrogens (tertiary/aromatic N) is 2. The van der Waals surface area contributed by atoms with Gasteiger partial charge < -0.3 is 10.2 Å². The highest BCUT2D eigenvalue weighted by molar-refractivity contribution is 5.37. The first-order valence-corrected chi connectivity index (χ1v) is 5.58. The fraction of sp³-hybridized carbons (Fsp3) is 0.583. The van der Waals surface area contributed by atoms with Gasteiger partial charge >= 0.3 is 0 Å². The zero-order chi connectivity index (χ0) is 11.1. The molecule has 3 heteroatoms. The molecule has 1 rings (SSSR count). The summed E-state index contributed by atoms with van der Waals surface area (Å²) in [7, 11) is 2.07. The van der Waals surface area contributed by atoms with Crippen molar-refractivity contribution in [1.82, 2.24) is 10.3 Å². The minimum Gasteiger partial charge on any atom is -0.358 e. The van der Waals surface area contributed by atoms with Crippen LogP contribution in [-0.4, -0.2) is 31.7 Å². The summed E-state index contributed by atoms with van der Waals surface area (Å²) >= 11 is 0. The highest BCUT2D eigenvalue weighted by Gasteiger charge is 2.00. The lowest BCUT2D eigenvalue weighted by Gasteiger charge is -2.18. The van der Waals surface area contributed by atoms with Gasteiger partial charge in [-0.15, -0.1) is 0 Å². The van der Waals surface area contributed by atoms with Crippen molar-refractivity contribution in [3.63, 3.8) is 0 Å². The first kappa shape index (κ1) is 12.0. The second-order valence-electron chi connectivity index (χ2n) is 3.87. The van der Waals surface area contributed by atoms with Gasteiger partial charge in [-0.2, -0.15) is 0 Å². The van der Waals surface area contributed by atoms with Crippen molar-refractivity contribution in [2.75, 3.05) is 31.6 Å². The summed E-state index contributed by atoms with van der Waals surface area (Å²) in [4.78, 5) is 6.54. The summed E-state index contributed by atoms with van der Waals surface area (Å²) in [6.07, 6.45) is 3.10. The molecular formula is C12H21N3. The van der Waals surface area contributed by atoms with Gasteiger partial charge in [-0.25, -0.2) is 4.98 Å². The first-order valence-electron chi connectivity index (χ1n) is 5.58. The number of rotatable bonds is 6. The van der Waals surface area contributed by atoms with E-state index in [1.165, 1.54) is 12.0 Å². The van der Waals surface area contributed by atoms with Crippen LogP contribution in [0.5, 0.6) is 0 Å². The van der Waals surface area contributed by atoms with Gasteiger partial charge in [0.2, 0.25) is 0 Å². The average molecular weight is 207 g/mol. The Labute approximate surface area is 92.5 Å². The lowest BCUT2D eigenvalue weighted by Crippen LogP contribution is -2.29. The van der Waals surface area contributed by atoms with Gasteiger partial charge in [0.05, 0.1) is 0 Å². The topological polar surface area (TPSA) is 28.2 Å². The number of hydrogen-bond donors (Lipinski definition) is 1. The van der Waals surface area contributed by atoms with E-state index < -0.39 is 0 Å². The van der Waals surface area contributed by atoms with Crippen LogP contribution in [0.2, 0.25) is 0 Å². The Balaban J connectivity index is 2.33. The molecule has 0 radical (unpaired) electrons. The Morgan fingerprint density at radius 3 is 2.73 bits per heavy atom. The molecule has 0 aromatic carbocycles. The minimum absolute atomic E-state index is 0.996. The number of aromatic nitrogens is 1. The number of likely N-dealkylation sites (N-methyl/N-ethyl adjacent to an activating group) is 1. The fourth-order valence-electron chi connectivity index (χ4n) is 1.35. The second-order valence-corrected chi connectivity index (χ2v) is 3.87. The molecule has 84 valence electrons. The van der Waals surface area contributed by atoms with Gasteiger partial charge in [0.1, 0.15) is 5.82 Å². The van der Waals surface area contributed by atoms with Gasteiger partial charge in [0.15, 0.2) is 0 Å². The van der Waals surface area contributed by atoms with Crippen molar-refractivity contribution in [1.29, 1.82) is 0 Å². The first-order chi connectivity index (χ1) is 7.24. The molecule has 1 N–H and O–H groups in total. The minimum atomic E-state index is 0.996. The third-order valence-corrected chi connectivity index (χ3v) is 2.34. The van der Waals surface area contributed by atoms with Crippen LogP contribution in [0.1, 0.15) is 18.9 Å². The van der Waals surface area contributed by atoms with E-state index in [1.54, 1.807) is 0 Å². The maximum absolute atomic E-state index is 4.38. The molecule has 1 aromatic heterocycles. The van der Waals surface area contributed by atoms with Crippen LogP contribution in [0.4, 0.5) is 5.82 Å². The molecule has 0 aliphatic carbocycles. The molecule has 0 bridgehead atoms. The Hall–Kier alpha value is -1.09. The van der Waals surface area contributed by atoms with E-state index in [9.17, 15) is 0 Å². The number of anilines is 1. The molecule has 15 heavy (non-hydrogen) atoms. The predicted molar refractivity (Wildman–Crippen MR) is 65.4 cm³/mol. The van der Waals surface area contributed by atoms with Crippen LogP contribution in [0.15, 0.2) is 18.3 Å². The Kier molecular flexibility index (Phi) is 5.12. The maximum atomic E-state index is 4.38. The summed E-state index contributed by atoms with van der Waals surface area (Å²) in [5.41, 5.74) is 1.20. The zero-order valence-electron chi connectivity index (χ0n) is 9.95. The van der Waals surface area contributed by atoms with Crippen molar-refractivity contribution in [3.05, 3.63) is 23.9 Å². The van der Waals surface area contributed by atoms with Crippen molar-refractivity contribution in [2.24, 2.45) is 0 Å². The van der Waals surface area contributed by atoms with Gasteiger partial charge in [0.25, 0.3) is 0 Å². The zero-order valence-corrected chi connectivity index (χ0v) is 9.95. The molecule has 0 fully saturated rings. The van der Waals surface area contributed by atoms with E-state index >= 15 is 0 Å². The van der Waals surface area contributed by atoms with Crippen LogP contribution in [0.25, 0.3) is 0 Å². The van der Waals surface area contributed by atoms with E-state index in [1.807, 2.05) is 6.20 Å². The van der Waals surface area contributed by atoms with Crippen LogP contribution in [-0.2, 0) is 0 Å². The number of nitrogens with one attached hydrogen (secondary N) is 1. The quantitative estimate of drug-likeness (QED) is 0.721. The van der Waals surface area contributed by atoms with Crippen molar-refractivity contribution in [2.45, 2.75) is 20.3 Å². The molecule has 1 heterocycles. The van der Waals surface area contributed by atoms with E-state index in [0.29, 0.717) is 0 Å². The molecule has 0 spiro atoms. The molecule has 0 amide bonds. The van der Waals surface area contributed by atoms with Crippen LogP contribution in [0, 0.1) is 6.92 Å². The molecule has 1 aromatic rings. The number of hydrogen-bond acceptors (Lipinski definition) is 3. The third-order valence-electron chi connectivity index (χ3n) is 2.34. The van der Waals surface area contributed by atoms with E-state index in [-0.39, 0.29) is 0 Å².